The highest BCUT2D eigenvalue weighted by molar-refractivity contribution is 7.86. The van der Waals surface area contributed by atoms with Crippen molar-refractivity contribution in [3.8, 4) is 5.75 Å². The van der Waals surface area contributed by atoms with E-state index in [0.29, 0.717) is 6.07 Å². The number of amides is 2. The zero-order valence-electron chi connectivity index (χ0n) is 19.7. The van der Waals surface area contributed by atoms with Crippen LogP contribution in [-0.2, 0) is 26.4 Å². The van der Waals surface area contributed by atoms with E-state index in [9.17, 15) is 36.7 Å². The maximum atomic E-state index is 13.9. The summed E-state index contributed by atoms with van der Waals surface area (Å²) in [6, 6.07) is 2.53. The molecule has 0 atom stereocenters. The molecule has 0 bridgehead atoms. The third-order valence-electron chi connectivity index (χ3n) is 6.47. The summed E-state index contributed by atoms with van der Waals surface area (Å²) < 4.78 is 56.6. The first kappa shape index (κ1) is 25.8. The molecule has 1 aromatic carbocycles. The third-order valence-corrected chi connectivity index (χ3v) is 7.09. The number of carbonyl (C=O) groups excluding carboxylic acids is 2. The van der Waals surface area contributed by atoms with Crippen molar-refractivity contribution in [2.24, 2.45) is 0 Å². The Labute approximate surface area is 205 Å². The van der Waals surface area contributed by atoms with Gasteiger partial charge in [0.25, 0.3) is 21.9 Å². The summed E-state index contributed by atoms with van der Waals surface area (Å²) >= 11 is 0. The van der Waals surface area contributed by atoms with Crippen molar-refractivity contribution in [1.29, 1.82) is 0 Å². The van der Waals surface area contributed by atoms with Gasteiger partial charge in [-0.15, -0.1) is 0 Å². The number of fused-ring (bicyclic) bond motifs is 2. The average Bonchev–Trinajstić information content (AvgIpc) is 2.74. The van der Waals surface area contributed by atoms with Crippen LogP contribution in [-0.4, -0.2) is 59.8 Å². The van der Waals surface area contributed by atoms with Crippen LogP contribution in [0.4, 0.5) is 8.78 Å². The number of rotatable bonds is 6. The first-order valence-electron chi connectivity index (χ1n) is 11.1. The highest BCUT2D eigenvalue weighted by Crippen LogP contribution is 2.46. The van der Waals surface area contributed by atoms with Gasteiger partial charge in [-0.3, -0.25) is 18.6 Å². The highest BCUT2D eigenvalue weighted by Gasteiger charge is 2.54. The molecule has 10 nitrogen and oxygen atoms in total. The molecule has 2 aromatic rings. The van der Waals surface area contributed by atoms with Gasteiger partial charge >= 0.3 is 0 Å². The summed E-state index contributed by atoms with van der Waals surface area (Å²) in [7, 11) is -3.74. The molecule has 1 saturated carbocycles. The lowest BCUT2D eigenvalue weighted by molar-refractivity contribution is -0.0379. The minimum absolute atomic E-state index is 0.0222. The van der Waals surface area contributed by atoms with Crippen LogP contribution in [0.15, 0.2) is 29.2 Å². The summed E-state index contributed by atoms with van der Waals surface area (Å²) in [6.07, 6.45) is 1.68. The van der Waals surface area contributed by atoms with Crippen molar-refractivity contribution in [3.05, 3.63) is 63.1 Å². The molecular formula is C23H25F2N3O7S. The van der Waals surface area contributed by atoms with Crippen molar-refractivity contribution in [2.45, 2.75) is 50.9 Å². The monoisotopic (exact) mass is 525 g/mol. The van der Waals surface area contributed by atoms with Crippen LogP contribution in [0.2, 0.25) is 0 Å². The molecule has 4 rings (SSSR count). The topological polar surface area (TPSA) is 135 Å². The number of benzene rings is 1. The van der Waals surface area contributed by atoms with Gasteiger partial charge in [0.15, 0.2) is 11.4 Å². The van der Waals surface area contributed by atoms with Crippen LogP contribution in [0.5, 0.6) is 5.75 Å². The first-order chi connectivity index (χ1) is 16.7. The fourth-order valence-electron chi connectivity index (χ4n) is 4.72. The van der Waals surface area contributed by atoms with Gasteiger partial charge in [0, 0.05) is 49.8 Å². The second-order valence-electron chi connectivity index (χ2n) is 9.44. The average molecular weight is 526 g/mol. The molecule has 1 aliphatic carbocycles. The zero-order valence-corrected chi connectivity index (χ0v) is 20.6. The maximum Gasteiger partial charge on any atom is 0.274 e. The van der Waals surface area contributed by atoms with E-state index in [1.165, 1.54) is 9.47 Å². The molecule has 2 N–H and O–H groups in total. The molecule has 2 heterocycles. The quantitative estimate of drug-likeness (QED) is 0.545. The molecular weight excluding hydrogens is 500 g/mol. The summed E-state index contributed by atoms with van der Waals surface area (Å²) in [5, 5.41) is 13.1. The van der Waals surface area contributed by atoms with Crippen molar-refractivity contribution in [3.63, 3.8) is 0 Å². The van der Waals surface area contributed by atoms with E-state index in [2.05, 4.69) is 5.32 Å². The molecule has 13 heteroatoms. The van der Waals surface area contributed by atoms with Gasteiger partial charge in [-0.25, -0.2) is 8.78 Å². The van der Waals surface area contributed by atoms with Crippen LogP contribution in [0.3, 0.4) is 0 Å². The van der Waals surface area contributed by atoms with E-state index in [-0.39, 0.29) is 43.2 Å². The van der Waals surface area contributed by atoms with Gasteiger partial charge in [-0.1, -0.05) is 6.07 Å². The SMILES string of the molecule is CC(C)N1C[C@]2(C[C@@H](OS(C)(=O)=O)C2)n2cc(C(=O)NCc3ccc(F)cc3F)c(=O)c(O)c2C1=O. The Morgan fingerprint density at radius 1 is 1.28 bits per heavy atom. The number of hydrogen-bond acceptors (Lipinski definition) is 7. The van der Waals surface area contributed by atoms with E-state index >= 15 is 0 Å². The minimum atomic E-state index is -3.74. The van der Waals surface area contributed by atoms with E-state index in [4.69, 9.17) is 4.18 Å². The maximum absolute atomic E-state index is 13.9. The Bertz CT molecular complexity index is 1420. The number of halogens is 2. The lowest BCUT2D eigenvalue weighted by atomic mass is 9.71. The number of hydrogen-bond donors (Lipinski definition) is 2. The van der Waals surface area contributed by atoms with E-state index in [0.717, 1.165) is 24.6 Å². The van der Waals surface area contributed by atoms with Gasteiger partial charge in [0.1, 0.15) is 17.2 Å². The van der Waals surface area contributed by atoms with E-state index < -0.39 is 62.0 Å². The van der Waals surface area contributed by atoms with Gasteiger partial charge in [-0.2, -0.15) is 8.42 Å². The molecule has 194 valence electrons. The normalized spacial score (nSPS) is 21.4. The fraction of sp³-hybridized carbons (Fsp3) is 0.435. The molecule has 2 aliphatic rings. The molecule has 2 amide bonds. The minimum Gasteiger partial charge on any atom is -0.503 e. The number of aromatic hydroxyl groups is 1. The lowest BCUT2D eigenvalue weighted by Crippen LogP contribution is -2.63. The molecule has 0 unspecified atom stereocenters. The smallest absolute Gasteiger partial charge is 0.274 e. The van der Waals surface area contributed by atoms with Gasteiger partial charge < -0.3 is 19.9 Å². The fourth-order valence-corrected chi connectivity index (χ4v) is 5.35. The summed E-state index contributed by atoms with van der Waals surface area (Å²) in [4.78, 5) is 40.3. The Hall–Kier alpha value is -3.32. The predicted molar refractivity (Wildman–Crippen MR) is 123 cm³/mol. The Morgan fingerprint density at radius 2 is 1.94 bits per heavy atom. The van der Waals surface area contributed by atoms with Gasteiger partial charge in [0.05, 0.1) is 17.9 Å². The van der Waals surface area contributed by atoms with Crippen LogP contribution in [0.1, 0.15) is 53.1 Å². The van der Waals surface area contributed by atoms with Gasteiger partial charge in [0.2, 0.25) is 5.43 Å². The molecule has 36 heavy (non-hydrogen) atoms. The van der Waals surface area contributed by atoms with Crippen molar-refractivity contribution in [1.82, 2.24) is 14.8 Å². The standard InChI is InChI=1S/C23H25F2N3O7S/c1-12(2)27-11-23(7-15(8-23)35-36(3,33)34)28-10-16(19(29)20(30)18(28)22(27)32)21(31)26-9-13-4-5-14(24)6-17(13)25/h4-6,10,12,15,30H,7-9,11H2,1-3H3,(H,26,31)/t15-,23-. The predicted octanol–water partition coefficient (Wildman–Crippen LogP) is 1.46. The Morgan fingerprint density at radius 3 is 2.53 bits per heavy atom. The second-order valence-corrected chi connectivity index (χ2v) is 11.0. The Kier molecular flexibility index (Phi) is 6.41. The van der Waals surface area contributed by atoms with Crippen molar-refractivity contribution in [2.75, 3.05) is 12.8 Å². The van der Waals surface area contributed by atoms with E-state index in [1.54, 1.807) is 13.8 Å². The van der Waals surface area contributed by atoms with E-state index in [1.807, 2.05) is 0 Å². The van der Waals surface area contributed by atoms with Gasteiger partial charge in [-0.05, 0) is 19.9 Å². The first-order valence-corrected chi connectivity index (χ1v) is 12.9. The molecule has 1 aliphatic heterocycles. The number of carbonyl (C=O) groups is 2. The lowest BCUT2D eigenvalue weighted by Gasteiger charge is -2.54. The summed E-state index contributed by atoms with van der Waals surface area (Å²) in [5.41, 5.74) is -2.83. The summed E-state index contributed by atoms with van der Waals surface area (Å²) in [6.45, 7) is 3.30. The zero-order chi connectivity index (χ0) is 26.6. The van der Waals surface area contributed by atoms with Crippen LogP contribution >= 0.6 is 0 Å². The number of aromatic nitrogens is 1. The molecule has 1 fully saturated rings. The molecule has 0 radical (unpaired) electrons. The Balaban J connectivity index is 1.71. The second kappa shape index (κ2) is 8.96. The van der Waals surface area contributed by atoms with Crippen LogP contribution in [0.25, 0.3) is 0 Å². The van der Waals surface area contributed by atoms with Crippen LogP contribution in [0, 0.1) is 11.6 Å². The summed E-state index contributed by atoms with van der Waals surface area (Å²) in [5.74, 6) is -4.14. The molecule has 0 saturated heterocycles. The number of nitrogens with one attached hydrogen (secondary N) is 1. The number of pyridine rings is 1. The molecule has 1 spiro atoms. The molecule has 1 aromatic heterocycles. The largest absolute Gasteiger partial charge is 0.503 e. The highest BCUT2D eigenvalue weighted by atomic mass is 32.2. The van der Waals surface area contributed by atoms with Crippen LogP contribution < -0.4 is 10.7 Å². The van der Waals surface area contributed by atoms with Crippen molar-refractivity contribution >= 4 is 21.9 Å². The third kappa shape index (κ3) is 4.60. The number of nitrogens with zero attached hydrogens (tertiary/aromatic N) is 2. The van der Waals surface area contributed by atoms with Crippen molar-refractivity contribution < 1.29 is 36.1 Å².